The van der Waals surface area contributed by atoms with Crippen LogP contribution < -0.4 is 0 Å². The average molecular weight is 198 g/mol. The molecule has 0 aliphatic carbocycles. The molecule has 2 atom stereocenters. The molecule has 0 fully saturated rings. The smallest absolute Gasteiger partial charge is 0.114 e. The predicted octanol–water partition coefficient (Wildman–Crippen LogP) is 2.09. The molecule has 0 saturated carbocycles. The number of unbranched alkanes of at least 4 members (excludes halogenated alkanes) is 3. The zero-order valence-electron chi connectivity index (χ0n) is 9.29. The van der Waals surface area contributed by atoms with Gasteiger partial charge in [-0.2, -0.15) is 0 Å². The van der Waals surface area contributed by atoms with Crippen molar-refractivity contribution >= 4 is 0 Å². The van der Waals surface area contributed by atoms with Crippen molar-refractivity contribution in [2.45, 2.75) is 64.6 Å². The van der Waals surface area contributed by atoms with Gasteiger partial charge in [0.05, 0.1) is 6.10 Å². The lowest BCUT2D eigenvalue weighted by Crippen LogP contribution is -1.99. The van der Waals surface area contributed by atoms with Gasteiger partial charge in [-0.3, -0.25) is 0 Å². The molecular weight excluding hydrogens is 176 g/mol. The van der Waals surface area contributed by atoms with E-state index in [1.165, 1.54) is 0 Å². The fraction of sp³-hybridized carbons (Fsp3) is 0.833. The number of hydrogen-bond donors (Lipinski definition) is 2. The largest absolute Gasteiger partial charge is 0.393 e. The van der Waals surface area contributed by atoms with Gasteiger partial charge in [-0.15, -0.1) is 5.92 Å². The molecule has 0 aliphatic rings. The second-order valence-electron chi connectivity index (χ2n) is 3.69. The second-order valence-corrected chi connectivity index (χ2v) is 3.69. The normalized spacial score (nSPS) is 14.3. The molecule has 14 heavy (non-hydrogen) atoms. The Morgan fingerprint density at radius 1 is 1.14 bits per heavy atom. The lowest BCUT2D eigenvalue weighted by molar-refractivity contribution is 0.180. The maximum absolute atomic E-state index is 9.13. The van der Waals surface area contributed by atoms with E-state index in [4.69, 9.17) is 10.2 Å². The van der Waals surface area contributed by atoms with Crippen molar-refractivity contribution in [3.05, 3.63) is 0 Å². The summed E-state index contributed by atoms with van der Waals surface area (Å²) in [7, 11) is 0. The molecule has 2 N–H and O–H groups in total. The number of rotatable bonds is 6. The van der Waals surface area contributed by atoms with Crippen LogP contribution in [0.3, 0.4) is 0 Å². The van der Waals surface area contributed by atoms with Crippen molar-refractivity contribution in [3.63, 3.8) is 0 Å². The Morgan fingerprint density at radius 3 is 2.43 bits per heavy atom. The summed E-state index contributed by atoms with van der Waals surface area (Å²) >= 11 is 0. The van der Waals surface area contributed by atoms with Gasteiger partial charge >= 0.3 is 0 Å². The summed E-state index contributed by atoms with van der Waals surface area (Å²) in [6.07, 6.45) is 5.06. The zero-order chi connectivity index (χ0) is 10.8. The minimum Gasteiger partial charge on any atom is -0.393 e. The van der Waals surface area contributed by atoms with E-state index in [-0.39, 0.29) is 6.10 Å². The molecule has 82 valence electrons. The Hall–Kier alpha value is -0.520. The molecule has 0 amide bonds. The van der Waals surface area contributed by atoms with Crippen LogP contribution in [-0.2, 0) is 0 Å². The Morgan fingerprint density at radius 2 is 1.86 bits per heavy atom. The van der Waals surface area contributed by atoms with E-state index in [0.717, 1.165) is 32.1 Å². The lowest BCUT2D eigenvalue weighted by atomic mass is 10.1. The van der Waals surface area contributed by atoms with Gasteiger partial charge in [0, 0.05) is 6.42 Å². The van der Waals surface area contributed by atoms with E-state index in [1.54, 1.807) is 0 Å². The first-order chi connectivity index (χ1) is 6.66. The first-order valence-corrected chi connectivity index (χ1v) is 5.51. The van der Waals surface area contributed by atoms with Crippen LogP contribution in [0.5, 0.6) is 0 Å². The molecule has 0 bridgehead atoms. The minimum atomic E-state index is -0.451. The Kier molecular flexibility index (Phi) is 8.72. The summed E-state index contributed by atoms with van der Waals surface area (Å²) < 4.78 is 0. The molecule has 2 heteroatoms. The van der Waals surface area contributed by atoms with Gasteiger partial charge in [0.2, 0.25) is 0 Å². The highest BCUT2D eigenvalue weighted by molar-refractivity contribution is 5.03. The highest BCUT2D eigenvalue weighted by Crippen LogP contribution is 2.04. The van der Waals surface area contributed by atoms with Gasteiger partial charge < -0.3 is 10.2 Å². The first kappa shape index (κ1) is 13.5. The predicted molar refractivity (Wildman–Crippen MR) is 58.8 cm³/mol. The molecule has 0 aliphatic heterocycles. The summed E-state index contributed by atoms with van der Waals surface area (Å²) in [6.45, 7) is 3.74. The molecule has 0 aromatic carbocycles. The molecule has 2 unspecified atom stereocenters. The summed E-state index contributed by atoms with van der Waals surface area (Å²) in [5, 5.41) is 18.1. The van der Waals surface area contributed by atoms with Crippen LogP contribution in [0.4, 0.5) is 0 Å². The van der Waals surface area contributed by atoms with Gasteiger partial charge in [0.25, 0.3) is 0 Å². The number of aliphatic hydroxyl groups is 2. The van der Waals surface area contributed by atoms with Gasteiger partial charge in [0.15, 0.2) is 0 Å². The summed E-state index contributed by atoms with van der Waals surface area (Å²) in [4.78, 5) is 0. The standard InChI is InChI=1S/C12H22O2/c1-3-12(14)10-8-6-4-5-7-9-11(2)13/h11-14H,3-7,9H2,1-2H3. The summed E-state index contributed by atoms with van der Waals surface area (Å²) in [5.41, 5.74) is 0. The molecule has 0 aromatic rings. The number of hydrogen-bond acceptors (Lipinski definition) is 2. The topological polar surface area (TPSA) is 40.5 Å². The SMILES string of the molecule is CCC(O)C#CCCCCCC(C)O. The van der Waals surface area contributed by atoms with Crippen molar-refractivity contribution in [1.82, 2.24) is 0 Å². The van der Waals surface area contributed by atoms with Gasteiger partial charge in [-0.1, -0.05) is 25.7 Å². The average Bonchev–Trinajstić information content (AvgIpc) is 2.15. The molecule has 0 spiro atoms. The third-order valence-electron chi connectivity index (χ3n) is 2.08. The highest BCUT2D eigenvalue weighted by atomic mass is 16.3. The highest BCUT2D eigenvalue weighted by Gasteiger charge is 1.94. The van der Waals surface area contributed by atoms with E-state index >= 15 is 0 Å². The molecular formula is C12H22O2. The quantitative estimate of drug-likeness (QED) is 0.507. The van der Waals surface area contributed by atoms with Crippen molar-refractivity contribution < 1.29 is 10.2 Å². The van der Waals surface area contributed by atoms with E-state index in [1.807, 2.05) is 13.8 Å². The van der Waals surface area contributed by atoms with Crippen LogP contribution in [0.15, 0.2) is 0 Å². The van der Waals surface area contributed by atoms with Crippen LogP contribution in [0.1, 0.15) is 52.4 Å². The molecule has 0 radical (unpaired) electrons. The van der Waals surface area contributed by atoms with Crippen molar-refractivity contribution in [3.8, 4) is 11.8 Å². The Bertz CT molecular complexity index is 176. The van der Waals surface area contributed by atoms with Crippen LogP contribution >= 0.6 is 0 Å². The van der Waals surface area contributed by atoms with Crippen LogP contribution in [0, 0.1) is 11.8 Å². The summed E-state index contributed by atoms with van der Waals surface area (Å²) in [6, 6.07) is 0. The molecule has 0 aromatic heterocycles. The van der Waals surface area contributed by atoms with Crippen LogP contribution in [-0.4, -0.2) is 22.4 Å². The fourth-order valence-electron chi connectivity index (χ4n) is 1.12. The maximum atomic E-state index is 9.13. The summed E-state index contributed by atoms with van der Waals surface area (Å²) in [5.74, 6) is 5.75. The van der Waals surface area contributed by atoms with Crippen molar-refractivity contribution in [2.24, 2.45) is 0 Å². The first-order valence-electron chi connectivity index (χ1n) is 5.51. The molecule has 0 heterocycles. The van der Waals surface area contributed by atoms with E-state index in [9.17, 15) is 0 Å². The minimum absolute atomic E-state index is 0.178. The van der Waals surface area contributed by atoms with E-state index < -0.39 is 6.10 Å². The lowest BCUT2D eigenvalue weighted by Gasteiger charge is -2.01. The third-order valence-corrected chi connectivity index (χ3v) is 2.08. The fourth-order valence-corrected chi connectivity index (χ4v) is 1.12. The molecule has 2 nitrogen and oxygen atoms in total. The molecule has 0 saturated heterocycles. The van der Waals surface area contributed by atoms with Crippen molar-refractivity contribution in [2.75, 3.05) is 0 Å². The Balaban J connectivity index is 3.23. The Labute approximate surface area is 87.3 Å². The van der Waals surface area contributed by atoms with Crippen LogP contribution in [0.25, 0.3) is 0 Å². The molecule has 0 rings (SSSR count). The van der Waals surface area contributed by atoms with Gasteiger partial charge in [0.1, 0.15) is 6.10 Å². The maximum Gasteiger partial charge on any atom is 0.114 e. The zero-order valence-corrected chi connectivity index (χ0v) is 9.29. The second kappa shape index (κ2) is 9.05. The van der Waals surface area contributed by atoms with Gasteiger partial charge in [-0.25, -0.2) is 0 Å². The van der Waals surface area contributed by atoms with Crippen molar-refractivity contribution in [1.29, 1.82) is 0 Å². The van der Waals surface area contributed by atoms with E-state index in [0.29, 0.717) is 6.42 Å². The monoisotopic (exact) mass is 198 g/mol. The third kappa shape index (κ3) is 9.57. The number of aliphatic hydroxyl groups excluding tert-OH is 2. The van der Waals surface area contributed by atoms with Gasteiger partial charge in [-0.05, 0) is 26.2 Å². The van der Waals surface area contributed by atoms with E-state index in [2.05, 4.69) is 11.8 Å². The van der Waals surface area contributed by atoms with Crippen LogP contribution in [0.2, 0.25) is 0 Å².